The van der Waals surface area contributed by atoms with Crippen molar-refractivity contribution in [3.8, 4) is 69.0 Å². The van der Waals surface area contributed by atoms with Gasteiger partial charge in [-0.05, 0) is 277 Å². The van der Waals surface area contributed by atoms with Gasteiger partial charge in [-0.25, -0.2) is 0 Å². The van der Waals surface area contributed by atoms with E-state index >= 15 is 0 Å². The molecule has 0 saturated carbocycles. The molecular formula is C106H150N6O18. The number of aromatic hydroxyl groups is 8. The fourth-order valence-corrected chi connectivity index (χ4v) is 23.5. The molecular weight excluding hydrogens is 1650 g/mol. The summed E-state index contributed by atoms with van der Waals surface area (Å²) in [6.07, 6.45) is 14.8. The largest absolute Gasteiger partial charge is 0.504 e. The van der Waals surface area contributed by atoms with E-state index in [0.29, 0.717) is 119 Å². The number of carbonyl (C=O) groups excluding carboxylic acids is 4. The maximum atomic E-state index is 12.5. The smallest absolute Gasteiger partial charge is 0.160 e. The van der Waals surface area contributed by atoms with Gasteiger partial charge in [-0.2, -0.15) is 0 Å². The fraction of sp³-hybridized carbons (Fsp3) is 0.623. The number of benzene rings is 6. The zero-order chi connectivity index (χ0) is 93.7. The van der Waals surface area contributed by atoms with E-state index in [1.807, 2.05) is 36.4 Å². The van der Waals surface area contributed by atoms with Gasteiger partial charge >= 0.3 is 0 Å². The molecule has 12 aliphatic rings. The number of hydrogen-bond acceptors (Lipinski definition) is 24. The molecule has 6 saturated heterocycles. The van der Waals surface area contributed by atoms with Crippen LogP contribution in [-0.2, 0) is 57.7 Å². The van der Waals surface area contributed by atoms with E-state index in [1.165, 1.54) is 22.3 Å². The number of aliphatic hydroxyl groups excluding tert-OH is 2. The number of aliphatic hydroxyl groups is 2. The molecule has 24 nitrogen and oxygen atoms in total. The Balaban J connectivity index is 0.000000133. The molecule has 0 aliphatic carbocycles. The van der Waals surface area contributed by atoms with E-state index in [9.17, 15) is 70.2 Å². The van der Waals surface area contributed by atoms with E-state index in [-0.39, 0.29) is 118 Å². The lowest BCUT2D eigenvalue weighted by Crippen LogP contribution is -2.48. The average molecular weight is 1800 g/mol. The SMILES string of the molecule is CC(C)C[C@@H]1CN2CCc3cc(O)c(O)cc3[C@H]2CC1=O.CC(C)C[C@H]1CN2CCc3cc(O)c(O)cc3[C@@H]2CC1=O.COc1cc2c(cc1O)CCN1C[C@@H](CC(C)C)C(=O)C[C@H]21.COc1cc2c(cc1O)CCN1C[C@@H](CC(C)C)[C@@H](O)C[C@H]21.COc1cc2c(cc1O)CCN1C[C@H](CC(C)C)C(=O)C[C@@H]21.COc1cc2c(cc1O)CCN1C[C@H](CC(C)C)[C@H](O)C[C@@H]21. The van der Waals surface area contributed by atoms with Crippen molar-refractivity contribution < 1.29 is 89.2 Å². The number of hydrogen-bond donors (Lipinski definition) is 10. The summed E-state index contributed by atoms with van der Waals surface area (Å²) in [7, 11) is 6.28. The Bertz CT molecular complexity index is 4650. The van der Waals surface area contributed by atoms with Crippen molar-refractivity contribution in [2.75, 3.05) is 107 Å². The maximum Gasteiger partial charge on any atom is 0.160 e. The number of piperidine rings is 6. The number of rotatable bonds is 16. The summed E-state index contributed by atoms with van der Waals surface area (Å²) < 4.78 is 21.0. The Kier molecular flexibility index (Phi) is 32.7. The maximum absolute atomic E-state index is 12.5. The van der Waals surface area contributed by atoms with Crippen molar-refractivity contribution >= 4 is 23.1 Å². The van der Waals surface area contributed by atoms with Crippen molar-refractivity contribution in [1.82, 2.24) is 29.4 Å². The van der Waals surface area contributed by atoms with Crippen LogP contribution < -0.4 is 18.9 Å². The molecule has 6 aromatic rings. The molecule has 10 N–H and O–H groups in total. The van der Waals surface area contributed by atoms with Crippen molar-refractivity contribution in [2.45, 2.75) is 247 Å². The average Bonchev–Trinajstić information content (AvgIpc) is 0.798. The third-order valence-corrected chi connectivity index (χ3v) is 29.8. The van der Waals surface area contributed by atoms with Gasteiger partial charge in [-0.3, -0.25) is 48.6 Å². The number of fused-ring (bicyclic) bond motifs is 18. The normalized spacial score (nSPS) is 26.4. The lowest BCUT2D eigenvalue weighted by atomic mass is 9.79. The molecule has 712 valence electrons. The quantitative estimate of drug-likeness (QED) is 0.0403. The van der Waals surface area contributed by atoms with Crippen LogP contribution in [0.15, 0.2) is 72.8 Å². The molecule has 12 aliphatic heterocycles. The van der Waals surface area contributed by atoms with Gasteiger partial charge in [-0.1, -0.05) is 83.1 Å². The molecule has 0 unspecified atom stereocenters. The number of nitrogens with zero attached hydrogens (tertiary/aromatic N) is 6. The van der Waals surface area contributed by atoms with Gasteiger partial charge in [0.15, 0.2) is 69.0 Å². The van der Waals surface area contributed by atoms with Crippen LogP contribution >= 0.6 is 0 Å². The van der Waals surface area contributed by atoms with Crippen LogP contribution in [0.1, 0.15) is 263 Å². The number of carbonyl (C=O) groups is 4. The van der Waals surface area contributed by atoms with Crippen molar-refractivity contribution in [3.63, 3.8) is 0 Å². The minimum absolute atomic E-state index is 0.0659. The summed E-state index contributed by atoms with van der Waals surface area (Å²) in [6, 6.07) is 22.5. The molecule has 0 radical (unpaired) electrons. The highest BCUT2D eigenvalue weighted by Gasteiger charge is 2.46. The first-order chi connectivity index (χ1) is 61.9. The van der Waals surface area contributed by atoms with Gasteiger partial charge in [0, 0.05) is 164 Å². The topological polar surface area (TPSA) is 327 Å². The number of Topliss-reactive ketones (excluding diaryl/α,β-unsaturated/α-hetero) is 4. The molecule has 18 rings (SSSR count). The van der Waals surface area contributed by atoms with Crippen LogP contribution in [-0.4, -0.2) is 223 Å². The van der Waals surface area contributed by atoms with Gasteiger partial charge in [-0.15, -0.1) is 0 Å². The molecule has 0 aromatic heterocycles. The third-order valence-electron chi connectivity index (χ3n) is 29.8. The number of methoxy groups -OCH3 is 4. The third kappa shape index (κ3) is 23.0. The van der Waals surface area contributed by atoms with Gasteiger partial charge in [0.2, 0.25) is 0 Å². The second-order valence-corrected chi connectivity index (χ2v) is 41.9. The lowest BCUT2D eigenvalue weighted by molar-refractivity contribution is -0.130. The molecule has 0 spiro atoms. The summed E-state index contributed by atoms with van der Waals surface area (Å²) in [4.78, 5) is 64.4. The van der Waals surface area contributed by atoms with Gasteiger partial charge in [0.05, 0.1) is 40.6 Å². The zero-order valence-electron chi connectivity index (χ0n) is 80.1. The first kappa shape index (κ1) is 98.8. The van der Waals surface area contributed by atoms with Crippen molar-refractivity contribution in [1.29, 1.82) is 0 Å². The monoisotopic (exact) mass is 1800 g/mol. The molecule has 6 fully saturated rings. The van der Waals surface area contributed by atoms with E-state index in [2.05, 4.69) is 112 Å². The molecule has 12 heterocycles. The second kappa shape index (κ2) is 43.1. The number of phenols is 8. The summed E-state index contributed by atoms with van der Waals surface area (Å²) >= 11 is 0. The highest BCUT2D eigenvalue weighted by atomic mass is 16.5. The van der Waals surface area contributed by atoms with Crippen molar-refractivity contribution in [3.05, 3.63) is 140 Å². The van der Waals surface area contributed by atoms with Crippen LogP contribution in [0, 0.1) is 71.0 Å². The summed E-state index contributed by atoms with van der Waals surface area (Å²) in [5, 5.41) is 99.7. The first-order valence-corrected chi connectivity index (χ1v) is 48.5. The zero-order valence-corrected chi connectivity index (χ0v) is 80.1. The Morgan fingerprint density at radius 1 is 0.269 bits per heavy atom. The standard InChI is InChI=1S/2C18H27NO3.2C18H25NO3.2C17H23NO3/c4*1-11(2)6-13-10-19-5-4-12-7-17(21)18(22-3)8-14(12)15(19)9-16(13)20;2*1-10(2)5-12-9-18-4-3-11-6-16(20)17(21)7-13(11)14(18)8-15(12)19/h2*7-8,11,13,15-16,20-21H,4-6,9-10H2,1-3H3;2*7-8,11,13,15,21H,4-6,9-10H2,1-3H3;2*6-7,10,12,14,20-21H,3-5,8-9H2,1-2H3/t2*13-,15-,16+;2*13-,15-;2*12-,14-/m101010/s1. The summed E-state index contributed by atoms with van der Waals surface area (Å²) in [5.41, 5.74) is 13.5. The second-order valence-electron chi connectivity index (χ2n) is 41.9. The Hall–Kier alpha value is -8.72. The number of ether oxygens (including phenoxy) is 4. The van der Waals surface area contributed by atoms with Crippen LogP contribution in [0.2, 0.25) is 0 Å². The molecule has 130 heavy (non-hydrogen) atoms. The first-order valence-electron chi connectivity index (χ1n) is 48.5. The minimum Gasteiger partial charge on any atom is -0.504 e. The highest BCUT2D eigenvalue weighted by molar-refractivity contribution is 5.85. The van der Waals surface area contributed by atoms with Gasteiger partial charge < -0.3 is 70.0 Å². The Morgan fingerprint density at radius 2 is 0.462 bits per heavy atom. The fourth-order valence-electron chi connectivity index (χ4n) is 23.5. The molecule has 0 bridgehead atoms. The predicted molar refractivity (Wildman–Crippen MR) is 504 cm³/mol. The molecule has 0 amide bonds. The molecule has 24 heteroatoms. The van der Waals surface area contributed by atoms with E-state index in [1.54, 1.807) is 64.8 Å². The minimum atomic E-state index is -0.241. The van der Waals surface area contributed by atoms with Crippen LogP contribution in [0.4, 0.5) is 0 Å². The summed E-state index contributed by atoms with van der Waals surface area (Å²) in [5.74, 6) is 8.79. The van der Waals surface area contributed by atoms with E-state index in [4.69, 9.17) is 18.9 Å². The summed E-state index contributed by atoms with van der Waals surface area (Å²) in [6.45, 7) is 37.3. The molecule has 6 aromatic carbocycles. The predicted octanol–water partition coefficient (Wildman–Crippen LogP) is 16.6. The lowest BCUT2D eigenvalue weighted by Gasteiger charge is -2.46. The van der Waals surface area contributed by atoms with Crippen LogP contribution in [0.25, 0.3) is 0 Å². The van der Waals surface area contributed by atoms with Gasteiger partial charge in [0.25, 0.3) is 0 Å². The molecule has 14 atom stereocenters. The Morgan fingerprint density at radius 3 is 0.677 bits per heavy atom. The van der Waals surface area contributed by atoms with Crippen molar-refractivity contribution in [2.24, 2.45) is 71.0 Å². The van der Waals surface area contributed by atoms with Crippen LogP contribution in [0.5, 0.6) is 69.0 Å². The number of ketones is 4. The number of phenolic OH excluding ortho intramolecular Hbond substituents is 8. The van der Waals surface area contributed by atoms with E-state index < -0.39 is 0 Å². The van der Waals surface area contributed by atoms with E-state index in [0.717, 1.165) is 213 Å². The van der Waals surface area contributed by atoms with Gasteiger partial charge in [0.1, 0.15) is 23.1 Å². The highest BCUT2D eigenvalue weighted by Crippen LogP contribution is 2.51. The Labute approximate surface area is 771 Å². The van der Waals surface area contributed by atoms with Crippen LogP contribution in [0.3, 0.4) is 0 Å².